The first-order chi connectivity index (χ1) is 9.13. The van der Waals surface area contributed by atoms with Crippen molar-refractivity contribution in [3.63, 3.8) is 0 Å². The zero-order chi connectivity index (χ0) is 13.8. The summed E-state index contributed by atoms with van der Waals surface area (Å²) in [6.07, 6.45) is 3.94. The summed E-state index contributed by atoms with van der Waals surface area (Å²) in [6.45, 7) is 2.46. The van der Waals surface area contributed by atoms with Crippen LogP contribution >= 0.6 is 0 Å². The summed E-state index contributed by atoms with van der Waals surface area (Å²) in [7, 11) is 0. The highest BCUT2D eigenvalue weighted by atomic mass is 19.1. The van der Waals surface area contributed by atoms with Crippen molar-refractivity contribution in [3.8, 4) is 6.07 Å². The van der Waals surface area contributed by atoms with Crippen LogP contribution in [0.3, 0.4) is 0 Å². The fourth-order valence-electron chi connectivity index (χ4n) is 1.96. The second kappa shape index (κ2) is 5.68. The van der Waals surface area contributed by atoms with E-state index in [4.69, 9.17) is 5.26 Å². The van der Waals surface area contributed by atoms with Gasteiger partial charge in [0.05, 0.1) is 11.7 Å². The first-order valence-corrected chi connectivity index (χ1v) is 6.16. The second-order valence-corrected chi connectivity index (χ2v) is 4.47. The third kappa shape index (κ3) is 3.01. The van der Waals surface area contributed by atoms with Gasteiger partial charge in [0.25, 0.3) is 0 Å². The monoisotopic (exact) mass is 258 g/mol. The number of halogens is 1. The van der Waals surface area contributed by atoms with E-state index in [-0.39, 0.29) is 5.56 Å². The fourth-order valence-corrected chi connectivity index (χ4v) is 1.96. The Morgan fingerprint density at radius 3 is 2.89 bits per heavy atom. The van der Waals surface area contributed by atoms with Gasteiger partial charge in [-0.2, -0.15) is 5.26 Å². The van der Waals surface area contributed by atoms with Crippen molar-refractivity contribution in [2.75, 3.05) is 0 Å². The molecule has 1 N–H and O–H groups in total. The Morgan fingerprint density at radius 1 is 1.42 bits per heavy atom. The lowest BCUT2D eigenvalue weighted by Gasteiger charge is -2.06. The highest BCUT2D eigenvalue weighted by molar-refractivity contribution is 5.34. The Kier molecular flexibility index (Phi) is 3.98. The third-order valence-electron chi connectivity index (χ3n) is 3.06. The summed E-state index contributed by atoms with van der Waals surface area (Å²) >= 11 is 0. The van der Waals surface area contributed by atoms with E-state index >= 15 is 0 Å². The summed E-state index contributed by atoms with van der Waals surface area (Å²) in [6, 6.07) is 8.20. The van der Waals surface area contributed by atoms with E-state index in [1.165, 1.54) is 6.07 Å². The minimum atomic E-state index is -0.499. The van der Waals surface area contributed by atoms with Gasteiger partial charge in [0, 0.05) is 18.9 Å². The minimum absolute atomic E-state index is 0.0541. The molecule has 0 aliphatic carbocycles. The Bertz CT molecular complexity index is 613. The summed E-state index contributed by atoms with van der Waals surface area (Å²) in [4.78, 5) is 0. The van der Waals surface area contributed by atoms with Crippen molar-refractivity contribution in [2.24, 2.45) is 0 Å². The van der Waals surface area contributed by atoms with Crippen molar-refractivity contribution >= 4 is 0 Å². The van der Waals surface area contributed by atoms with E-state index in [2.05, 4.69) is 0 Å². The molecule has 1 atom stereocenters. The predicted octanol–water partition coefficient (Wildman–Crippen LogP) is 2.99. The topological polar surface area (TPSA) is 49.0 Å². The van der Waals surface area contributed by atoms with Gasteiger partial charge >= 0.3 is 0 Å². The van der Waals surface area contributed by atoms with E-state index in [9.17, 15) is 9.50 Å². The maximum absolute atomic E-state index is 13.2. The zero-order valence-corrected chi connectivity index (χ0v) is 10.7. The largest absolute Gasteiger partial charge is 0.388 e. The van der Waals surface area contributed by atoms with Crippen LogP contribution in [0.4, 0.5) is 4.39 Å². The number of nitriles is 1. The quantitative estimate of drug-likeness (QED) is 0.916. The lowest BCUT2D eigenvalue weighted by Crippen LogP contribution is -1.99. The van der Waals surface area contributed by atoms with Gasteiger partial charge < -0.3 is 9.67 Å². The first-order valence-electron chi connectivity index (χ1n) is 6.16. The van der Waals surface area contributed by atoms with Gasteiger partial charge in [0.2, 0.25) is 0 Å². The number of hydrogen-bond acceptors (Lipinski definition) is 2. The van der Waals surface area contributed by atoms with Gasteiger partial charge in [0.15, 0.2) is 0 Å². The summed E-state index contributed by atoms with van der Waals surface area (Å²) in [5, 5.41) is 18.5. The van der Waals surface area contributed by atoms with Crippen molar-refractivity contribution in [2.45, 2.75) is 26.0 Å². The van der Waals surface area contributed by atoms with Crippen LogP contribution in [-0.4, -0.2) is 9.67 Å². The Balaban J connectivity index is 2.17. The highest BCUT2D eigenvalue weighted by Gasteiger charge is 2.07. The van der Waals surface area contributed by atoms with Crippen molar-refractivity contribution in [1.82, 2.24) is 4.57 Å². The van der Waals surface area contributed by atoms with Gasteiger partial charge in [-0.05, 0) is 35.7 Å². The molecule has 0 saturated heterocycles. The molecule has 0 spiro atoms. The molecule has 19 heavy (non-hydrogen) atoms. The van der Waals surface area contributed by atoms with E-state index < -0.39 is 11.9 Å². The number of hydrogen-bond donors (Lipinski definition) is 1. The van der Waals surface area contributed by atoms with Gasteiger partial charge in [-0.25, -0.2) is 4.39 Å². The molecule has 3 nitrogen and oxygen atoms in total. The van der Waals surface area contributed by atoms with Crippen molar-refractivity contribution in [3.05, 3.63) is 59.2 Å². The van der Waals surface area contributed by atoms with Crippen LogP contribution in [0.2, 0.25) is 0 Å². The number of nitrogens with zero attached hydrogens (tertiary/aromatic N) is 2. The molecule has 1 aromatic carbocycles. The molecular formula is C15H15FN2O. The number of rotatable bonds is 4. The van der Waals surface area contributed by atoms with Crippen LogP contribution < -0.4 is 0 Å². The maximum atomic E-state index is 13.2. The molecule has 1 heterocycles. The molecule has 98 valence electrons. The van der Waals surface area contributed by atoms with Gasteiger partial charge in [-0.1, -0.05) is 13.0 Å². The zero-order valence-electron chi connectivity index (χ0n) is 10.7. The van der Waals surface area contributed by atoms with Crippen molar-refractivity contribution in [1.29, 1.82) is 5.26 Å². The van der Waals surface area contributed by atoms with Crippen LogP contribution in [0.5, 0.6) is 0 Å². The van der Waals surface area contributed by atoms with Crippen molar-refractivity contribution < 1.29 is 9.50 Å². The number of benzene rings is 1. The summed E-state index contributed by atoms with van der Waals surface area (Å²) < 4.78 is 15.1. The van der Waals surface area contributed by atoms with Gasteiger partial charge in [-0.3, -0.25) is 0 Å². The third-order valence-corrected chi connectivity index (χ3v) is 3.06. The average molecular weight is 258 g/mol. The number of aliphatic hydroxyl groups excluding tert-OH is 1. The maximum Gasteiger partial charge on any atom is 0.140 e. The van der Waals surface area contributed by atoms with E-state index in [0.29, 0.717) is 13.0 Å². The molecule has 0 radical (unpaired) electrons. The predicted molar refractivity (Wildman–Crippen MR) is 69.9 cm³/mol. The second-order valence-electron chi connectivity index (χ2n) is 4.47. The Hall–Kier alpha value is -2.12. The molecule has 0 amide bonds. The molecule has 0 aliphatic rings. The molecule has 0 bridgehead atoms. The minimum Gasteiger partial charge on any atom is -0.388 e. The molecule has 0 aliphatic heterocycles. The number of aromatic nitrogens is 1. The SMILES string of the molecule is CCC(O)c1ccn(Cc2ccc(F)c(C#N)c2)c1. The Morgan fingerprint density at radius 2 is 2.21 bits per heavy atom. The molecule has 2 rings (SSSR count). The van der Waals surface area contributed by atoms with Crippen LogP contribution in [0.25, 0.3) is 0 Å². The molecule has 2 aromatic rings. The lowest BCUT2D eigenvalue weighted by molar-refractivity contribution is 0.173. The summed E-state index contributed by atoms with van der Waals surface area (Å²) in [5.74, 6) is -0.499. The van der Waals surface area contributed by atoms with Crippen LogP contribution in [0, 0.1) is 17.1 Å². The molecule has 1 unspecified atom stereocenters. The first kappa shape index (κ1) is 13.3. The van der Waals surface area contributed by atoms with Crippen LogP contribution in [0.1, 0.15) is 36.1 Å². The normalized spacial score (nSPS) is 12.1. The molecular weight excluding hydrogens is 243 g/mol. The molecule has 4 heteroatoms. The lowest BCUT2D eigenvalue weighted by atomic mass is 10.1. The van der Waals surface area contributed by atoms with Gasteiger partial charge in [0.1, 0.15) is 11.9 Å². The molecule has 1 aromatic heterocycles. The van der Waals surface area contributed by atoms with Crippen LogP contribution in [-0.2, 0) is 6.54 Å². The van der Waals surface area contributed by atoms with E-state index in [1.54, 1.807) is 12.1 Å². The highest BCUT2D eigenvalue weighted by Crippen LogP contribution is 2.17. The van der Waals surface area contributed by atoms with Crippen LogP contribution in [0.15, 0.2) is 36.7 Å². The Labute approximate surface area is 111 Å². The average Bonchev–Trinajstić information content (AvgIpc) is 2.88. The summed E-state index contributed by atoms with van der Waals surface area (Å²) in [5.41, 5.74) is 1.77. The molecule has 0 saturated carbocycles. The van der Waals surface area contributed by atoms with E-state index in [0.717, 1.165) is 11.1 Å². The smallest absolute Gasteiger partial charge is 0.140 e. The van der Waals surface area contributed by atoms with E-state index in [1.807, 2.05) is 36.0 Å². The fraction of sp³-hybridized carbons (Fsp3) is 0.267. The standard InChI is InChI=1S/C15H15FN2O/c1-2-15(19)12-5-6-18(10-12)9-11-3-4-14(16)13(7-11)8-17/h3-7,10,15,19H,2,9H2,1H3. The number of aliphatic hydroxyl groups is 1. The molecule has 0 fully saturated rings. The van der Waals surface area contributed by atoms with Gasteiger partial charge in [-0.15, -0.1) is 0 Å².